The van der Waals surface area contributed by atoms with Gasteiger partial charge in [0.1, 0.15) is 5.82 Å². The Hall–Kier alpha value is -1.46. The maximum Gasteiger partial charge on any atom is 0.266 e. The fourth-order valence-corrected chi connectivity index (χ4v) is 3.56. The number of halogens is 2. The molecule has 0 bridgehead atoms. The Morgan fingerprint density at radius 3 is 2.35 bits per heavy atom. The third-order valence-corrected chi connectivity index (χ3v) is 4.38. The molecule has 0 aliphatic heterocycles. The minimum Gasteiger partial charge on any atom is -0.268 e. The fraction of sp³-hybridized carbons (Fsp3) is 0.0667. The van der Waals surface area contributed by atoms with Crippen LogP contribution in [0.25, 0.3) is 16.6 Å². The lowest BCUT2D eigenvalue weighted by Crippen LogP contribution is -2.23. The van der Waals surface area contributed by atoms with E-state index in [1.807, 2.05) is 43.3 Å². The SMILES string of the molecule is Cc1nc2ccccc2c(=O)n1-c1c(Br)cccc1Br. The predicted octanol–water partition coefficient (Wildman–Crippen LogP) is 4.22. The molecule has 0 N–H and O–H groups in total. The molecule has 5 heteroatoms. The molecule has 100 valence electrons. The van der Waals surface area contributed by atoms with Crippen molar-refractivity contribution in [2.24, 2.45) is 0 Å². The van der Waals surface area contributed by atoms with Gasteiger partial charge >= 0.3 is 0 Å². The third-order valence-electron chi connectivity index (χ3n) is 3.10. The standard InChI is InChI=1S/C15H10Br2N2O/c1-9-18-13-8-3-2-5-10(13)15(20)19(9)14-11(16)6-4-7-12(14)17/h2-8H,1H3. The number of aryl methyl sites for hydroxylation is 1. The van der Waals surface area contributed by atoms with Crippen molar-refractivity contribution < 1.29 is 0 Å². The maximum absolute atomic E-state index is 12.7. The lowest BCUT2D eigenvalue weighted by atomic mass is 10.2. The number of hydrogen-bond acceptors (Lipinski definition) is 2. The molecule has 3 nitrogen and oxygen atoms in total. The van der Waals surface area contributed by atoms with Gasteiger partial charge in [0.15, 0.2) is 0 Å². The van der Waals surface area contributed by atoms with Crippen LogP contribution < -0.4 is 5.56 Å². The average molecular weight is 394 g/mol. The summed E-state index contributed by atoms with van der Waals surface area (Å²) in [7, 11) is 0. The summed E-state index contributed by atoms with van der Waals surface area (Å²) in [6.07, 6.45) is 0. The van der Waals surface area contributed by atoms with Crippen LogP contribution in [0.3, 0.4) is 0 Å². The van der Waals surface area contributed by atoms with Gasteiger partial charge in [-0.2, -0.15) is 0 Å². The van der Waals surface area contributed by atoms with E-state index in [1.165, 1.54) is 0 Å². The van der Waals surface area contributed by atoms with Crippen LogP contribution in [-0.2, 0) is 0 Å². The molecular formula is C15H10Br2N2O. The van der Waals surface area contributed by atoms with Gasteiger partial charge in [-0.05, 0) is 63.0 Å². The van der Waals surface area contributed by atoms with Gasteiger partial charge in [-0.3, -0.25) is 9.36 Å². The van der Waals surface area contributed by atoms with E-state index in [-0.39, 0.29) is 5.56 Å². The quantitative estimate of drug-likeness (QED) is 0.620. The van der Waals surface area contributed by atoms with Crippen molar-refractivity contribution in [1.82, 2.24) is 9.55 Å². The monoisotopic (exact) mass is 392 g/mol. The van der Waals surface area contributed by atoms with E-state index < -0.39 is 0 Å². The lowest BCUT2D eigenvalue weighted by molar-refractivity contribution is 0.887. The van der Waals surface area contributed by atoms with Crippen LogP contribution >= 0.6 is 31.9 Å². The summed E-state index contributed by atoms with van der Waals surface area (Å²) in [6.45, 7) is 1.83. The fourth-order valence-electron chi connectivity index (χ4n) is 2.21. The number of fused-ring (bicyclic) bond motifs is 1. The van der Waals surface area contributed by atoms with Crippen molar-refractivity contribution in [3.63, 3.8) is 0 Å². The van der Waals surface area contributed by atoms with Crippen molar-refractivity contribution in [3.8, 4) is 5.69 Å². The van der Waals surface area contributed by atoms with Gasteiger partial charge in [0.05, 0.1) is 16.6 Å². The number of nitrogens with zero attached hydrogens (tertiary/aromatic N) is 2. The number of benzene rings is 2. The highest BCUT2D eigenvalue weighted by molar-refractivity contribution is 9.11. The van der Waals surface area contributed by atoms with Gasteiger partial charge in [-0.15, -0.1) is 0 Å². The van der Waals surface area contributed by atoms with Crippen molar-refractivity contribution in [2.45, 2.75) is 6.92 Å². The molecule has 0 saturated heterocycles. The zero-order valence-corrected chi connectivity index (χ0v) is 13.8. The first-order chi connectivity index (χ1) is 9.59. The molecule has 0 spiro atoms. The number of rotatable bonds is 1. The molecule has 1 heterocycles. The van der Waals surface area contributed by atoms with Crippen LogP contribution in [-0.4, -0.2) is 9.55 Å². The second-order valence-electron chi connectivity index (χ2n) is 4.39. The van der Waals surface area contributed by atoms with E-state index in [0.29, 0.717) is 11.2 Å². The molecule has 0 atom stereocenters. The van der Waals surface area contributed by atoms with Crippen LogP contribution in [0.15, 0.2) is 56.2 Å². The number of hydrogen-bond donors (Lipinski definition) is 0. The van der Waals surface area contributed by atoms with Crippen LogP contribution in [0.1, 0.15) is 5.82 Å². The zero-order chi connectivity index (χ0) is 14.3. The molecule has 0 amide bonds. The van der Waals surface area contributed by atoms with Crippen LogP contribution in [0.5, 0.6) is 0 Å². The van der Waals surface area contributed by atoms with Gasteiger partial charge in [0, 0.05) is 8.95 Å². The van der Waals surface area contributed by atoms with Gasteiger partial charge in [0.2, 0.25) is 0 Å². The first-order valence-electron chi connectivity index (χ1n) is 6.02. The van der Waals surface area contributed by atoms with E-state index in [2.05, 4.69) is 36.8 Å². The molecule has 1 aromatic heterocycles. The Kier molecular flexibility index (Phi) is 3.48. The molecule has 0 radical (unpaired) electrons. The van der Waals surface area contributed by atoms with Gasteiger partial charge in [-0.1, -0.05) is 18.2 Å². The van der Waals surface area contributed by atoms with Crippen molar-refractivity contribution in [3.05, 3.63) is 67.6 Å². The lowest BCUT2D eigenvalue weighted by Gasteiger charge is -2.14. The number of para-hydroxylation sites is 2. The molecule has 0 fully saturated rings. The summed E-state index contributed by atoms with van der Waals surface area (Å²) < 4.78 is 3.31. The summed E-state index contributed by atoms with van der Waals surface area (Å²) in [5.74, 6) is 0.654. The molecule has 3 aromatic rings. The second-order valence-corrected chi connectivity index (χ2v) is 6.10. The normalized spacial score (nSPS) is 10.9. The average Bonchev–Trinajstić information content (AvgIpc) is 2.42. The molecule has 3 rings (SSSR count). The van der Waals surface area contributed by atoms with E-state index in [0.717, 1.165) is 20.1 Å². The first kappa shape index (κ1) is 13.5. The highest BCUT2D eigenvalue weighted by atomic mass is 79.9. The predicted molar refractivity (Wildman–Crippen MR) is 87.5 cm³/mol. The summed E-state index contributed by atoms with van der Waals surface area (Å²) >= 11 is 7.00. The molecule has 0 aliphatic carbocycles. The summed E-state index contributed by atoms with van der Waals surface area (Å²) in [5, 5.41) is 0.612. The molecule has 0 aliphatic rings. The summed E-state index contributed by atoms with van der Waals surface area (Å²) in [5.41, 5.74) is 1.42. The van der Waals surface area contributed by atoms with Crippen molar-refractivity contribution >= 4 is 42.8 Å². The number of aromatic nitrogens is 2. The van der Waals surface area contributed by atoms with Crippen molar-refractivity contribution in [2.75, 3.05) is 0 Å². The molecule has 2 aromatic carbocycles. The third kappa shape index (κ3) is 2.11. The largest absolute Gasteiger partial charge is 0.268 e. The first-order valence-corrected chi connectivity index (χ1v) is 7.61. The second kappa shape index (κ2) is 5.14. The molecule has 0 unspecified atom stereocenters. The highest BCUT2D eigenvalue weighted by Crippen LogP contribution is 2.29. The van der Waals surface area contributed by atoms with Crippen LogP contribution in [0.4, 0.5) is 0 Å². The molecule has 20 heavy (non-hydrogen) atoms. The Balaban J connectivity index is 2.46. The van der Waals surface area contributed by atoms with E-state index in [1.54, 1.807) is 10.6 Å². The van der Waals surface area contributed by atoms with Crippen LogP contribution in [0.2, 0.25) is 0 Å². The summed E-state index contributed by atoms with van der Waals surface area (Å²) in [6, 6.07) is 13.1. The maximum atomic E-state index is 12.7. The van der Waals surface area contributed by atoms with Gasteiger partial charge in [-0.25, -0.2) is 4.98 Å². The highest BCUT2D eigenvalue weighted by Gasteiger charge is 2.14. The van der Waals surface area contributed by atoms with Crippen LogP contribution in [0, 0.1) is 6.92 Å². The van der Waals surface area contributed by atoms with E-state index in [4.69, 9.17) is 0 Å². The Bertz CT molecular complexity index is 851. The molecular weight excluding hydrogens is 384 g/mol. The minimum absolute atomic E-state index is 0.0688. The smallest absolute Gasteiger partial charge is 0.266 e. The van der Waals surface area contributed by atoms with Gasteiger partial charge in [0.25, 0.3) is 5.56 Å². The molecule has 0 saturated carbocycles. The topological polar surface area (TPSA) is 34.9 Å². The van der Waals surface area contributed by atoms with E-state index >= 15 is 0 Å². The van der Waals surface area contributed by atoms with Gasteiger partial charge < -0.3 is 0 Å². The Morgan fingerprint density at radius 1 is 1.00 bits per heavy atom. The minimum atomic E-state index is -0.0688. The zero-order valence-electron chi connectivity index (χ0n) is 10.6. The Morgan fingerprint density at radius 2 is 1.65 bits per heavy atom. The Labute approximate surface area is 132 Å². The van der Waals surface area contributed by atoms with E-state index in [9.17, 15) is 4.79 Å². The van der Waals surface area contributed by atoms with Crippen molar-refractivity contribution in [1.29, 1.82) is 0 Å². The summed E-state index contributed by atoms with van der Waals surface area (Å²) in [4.78, 5) is 17.3.